The largest absolute Gasteiger partial charge is 0.416 e. The van der Waals surface area contributed by atoms with Crippen molar-refractivity contribution in [3.05, 3.63) is 92.5 Å². The second-order valence-corrected chi connectivity index (χ2v) is 6.52. The summed E-state index contributed by atoms with van der Waals surface area (Å²) >= 11 is 0. The van der Waals surface area contributed by atoms with Gasteiger partial charge in [-0.1, -0.05) is 24.3 Å². The van der Waals surface area contributed by atoms with E-state index in [1.807, 2.05) is 0 Å². The first-order valence-electron chi connectivity index (χ1n) is 8.91. The van der Waals surface area contributed by atoms with Gasteiger partial charge in [0.05, 0.1) is 11.3 Å². The Kier molecular flexibility index (Phi) is 5.01. The number of hydrogen-bond acceptors (Lipinski definition) is 5. The number of aromatic nitrogens is 4. The van der Waals surface area contributed by atoms with Crippen LogP contribution in [0, 0.1) is 5.82 Å². The van der Waals surface area contributed by atoms with Crippen molar-refractivity contribution in [2.75, 3.05) is 5.32 Å². The fourth-order valence-corrected chi connectivity index (χ4v) is 3.06. The summed E-state index contributed by atoms with van der Waals surface area (Å²) in [6.07, 6.45) is -3.38. The lowest BCUT2D eigenvalue weighted by atomic mass is 10.1. The lowest BCUT2D eigenvalue weighted by Crippen LogP contribution is -2.36. The van der Waals surface area contributed by atoms with Crippen molar-refractivity contribution >= 4 is 5.95 Å². The molecule has 2 N–H and O–H groups in total. The molecule has 158 valence electrons. The van der Waals surface area contributed by atoms with Crippen molar-refractivity contribution in [1.82, 2.24) is 19.5 Å². The van der Waals surface area contributed by atoms with Gasteiger partial charge in [0, 0.05) is 12.7 Å². The smallest absolute Gasteiger partial charge is 0.352 e. The lowest BCUT2D eigenvalue weighted by molar-refractivity contribution is -0.138. The van der Waals surface area contributed by atoms with Crippen molar-refractivity contribution in [1.29, 1.82) is 0 Å². The number of H-pyrrole nitrogens is 1. The Labute approximate surface area is 171 Å². The Morgan fingerprint density at radius 1 is 1.06 bits per heavy atom. The van der Waals surface area contributed by atoms with Crippen LogP contribution in [0.25, 0.3) is 17.1 Å². The first kappa shape index (κ1) is 20.3. The highest BCUT2D eigenvalue weighted by Gasteiger charge is 2.32. The number of rotatable bonds is 4. The molecule has 0 bridgehead atoms. The van der Waals surface area contributed by atoms with E-state index in [0.717, 1.165) is 24.4 Å². The molecule has 0 radical (unpaired) electrons. The van der Waals surface area contributed by atoms with Crippen LogP contribution in [0.4, 0.5) is 23.5 Å². The van der Waals surface area contributed by atoms with Crippen LogP contribution >= 0.6 is 0 Å². The molecular formula is C20H13F4N5O2. The van der Waals surface area contributed by atoms with Gasteiger partial charge in [-0.15, -0.1) is 0 Å². The zero-order chi connectivity index (χ0) is 22.2. The summed E-state index contributed by atoms with van der Waals surface area (Å²) < 4.78 is 53.5. The number of alkyl halides is 3. The number of nitrogens with one attached hydrogen (secondary N) is 2. The van der Waals surface area contributed by atoms with E-state index in [9.17, 15) is 27.2 Å². The molecule has 0 aliphatic carbocycles. The predicted octanol–water partition coefficient (Wildman–Crippen LogP) is 3.19. The first-order valence-corrected chi connectivity index (χ1v) is 8.91. The molecular weight excluding hydrogens is 418 g/mol. The Balaban J connectivity index is 1.68. The van der Waals surface area contributed by atoms with Crippen LogP contribution in [0.15, 0.2) is 64.3 Å². The SMILES string of the molecule is O=c1nc2[nH]c(NCc3ccccc3C(F)(F)F)ncc-2c(=O)n1-c1cccc(F)c1. The van der Waals surface area contributed by atoms with Crippen molar-refractivity contribution in [3.8, 4) is 17.1 Å². The van der Waals surface area contributed by atoms with Crippen molar-refractivity contribution in [3.63, 3.8) is 0 Å². The van der Waals surface area contributed by atoms with E-state index in [0.29, 0.717) is 4.57 Å². The average Bonchev–Trinajstić information content (AvgIpc) is 2.71. The minimum absolute atomic E-state index is 0.00959. The zero-order valence-electron chi connectivity index (χ0n) is 15.6. The Hall–Kier alpha value is -4.02. The van der Waals surface area contributed by atoms with Gasteiger partial charge < -0.3 is 10.3 Å². The van der Waals surface area contributed by atoms with Gasteiger partial charge in [0.25, 0.3) is 5.56 Å². The molecule has 2 aliphatic heterocycles. The Morgan fingerprint density at radius 3 is 2.58 bits per heavy atom. The highest BCUT2D eigenvalue weighted by molar-refractivity contribution is 5.56. The lowest BCUT2D eigenvalue weighted by Gasteiger charge is -2.14. The van der Waals surface area contributed by atoms with Crippen molar-refractivity contribution in [2.45, 2.75) is 12.7 Å². The fourth-order valence-electron chi connectivity index (χ4n) is 3.06. The molecule has 7 nitrogen and oxygen atoms in total. The van der Waals surface area contributed by atoms with Gasteiger partial charge in [-0.25, -0.2) is 18.7 Å². The highest BCUT2D eigenvalue weighted by Crippen LogP contribution is 2.32. The second-order valence-electron chi connectivity index (χ2n) is 6.52. The fraction of sp³-hybridized carbons (Fsp3) is 0.100. The van der Waals surface area contributed by atoms with E-state index in [1.165, 1.54) is 30.3 Å². The molecule has 2 aliphatic rings. The summed E-state index contributed by atoms with van der Waals surface area (Å²) in [7, 11) is 0. The number of fused-ring (bicyclic) bond motifs is 1. The van der Waals surface area contributed by atoms with Crippen molar-refractivity contribution in [2.24, 2.45) is 0 Å². The summed E-state index contributed by atoms with van der Waals surface area (Å²) in [5, 5.41) is 2.69. The van der Waals surface area contributed by atoms with Gasteiger partial charge in [0.1, 0.15) is 11.4 Å². The van der Waals surface area contributed by atoms with Gasteiger partial charge in [-0.05, 0) is 29.8 Å². The third-order valence-electron chi connectivity index (χ3n) is 4.48. The van der Waals surface area contributed by atoms with Gasteiger partial charge in [-0.2, -0.15) is 18.2 Å². The molecule has 11 heteroatoms. The summed E-state index contributed by atoms with van der Waals surface area (Å²) in [6, 6.07) is 9.96. The van der Waals surface area contributed by atoms with Crippen LogP contribution in [-0.2, 0) is 12.7 Å². The molecule has 31 heavy (non-hydrogen) atoms. The molecule has 0 fully saturated rings. The molecule has 0 spiro atoms. The van der Waals surface area contributed by atoms with E-state index in [2.05, 4.69) is 20.3 Å². The first-order chi connectivity index (χ1) is 14.7. The molecule has 2 aromatic carbocycles. The summed E-state index contributed by atoms with van der Waals surface area (Å²) in [6.45, 7) is -0.213. The number of halogens is 4. The zero-order valence-corrected chi connectivity index (χ0v) is 15.6. The van der Waals surface area contributed by atoms with Crippen LogP contribution in [-0.4, -0.2) is 19.5 Å². The third-order valence-corrected chi connectivity index (χ3v) is 4.48. The topological polar surface area (TPSA) is 92.7 Å². The standard InChI is InChI=1S/C20H13F4N5O2/c21-12-5-3-6-13(8-12)29-17(30)14-10-26-18(27-16(14)28-19(29)31)25-9-11-4-1-2-7-15(11)20(22,23)24/h1-8,10H,9H2,(H2,25,26,27,28,31). The van der Waals surface area contributed by atoms with Crippen LogP contribution in [0.3, 0.4) is 0 Å². The maximum atomic E-state index is 13.5. The quantitative estimate of drug-likeness (QED) is 0.484. The summed E-state index contributed by atoms with van der Waals surface area (Å²) in [5.74, 6) is -0.726. The van der Waals surface area contributed by atoms with E-state index >= 15 is 0 Å². The maximum Gasteiger partial charge on any atom is 0.416 e. The number of aromatic amines is 1. The van der Waals surface area contributed by atoms with Gasteiger partial charge in [0.2, 0.25) is 5.95 Å². The molecule has 0 atom stereocenters. The maximum absolute atomic E-state index is 13.5. The molecule has 2 heterocycles. The van der Waals surface area contributed by atoms with Gasteiger partial charge >= 0.3 is 11.9 Å². The Bertz CT molecular complexity index is 1350. The van der Waals surface area contributed by atoms with E-state index < -0.39 is 28.8 Å². The normalized spacial score (nSPS) is 11.6. The van der Waals surface area contributed by atoms with E-state index in [1.54, 1.807) is 0 Å². The van der Waals surface area contributed by atoms with Crippen LogP contribution in [0.2, 0.25) is 0 Å². The highest BCUT2D eigenvalue weighted by atomic mass is 19.4. The van der Waals surface area contributed by atoms with Gasteiger partial charge in [-0.3, -0.25) is 4.79 Å². The molecule has 0 saturated heterocycles. The van der Waals surface area contributed by atoms with Crippen LogP contribution in [0.5, 0.6) is 0 Å². The number of hydrogen-bond donors (Lipinski definition) is 2. The second kappa shape index (κ2) is 7.67. The molecule has 0 aromatic heterocycles. The predicted molar refractivity (Wildman–Crippen MR) is 104 cm³/mol. The number of benzene rings is 2. The molecule has 0 saturated carbocycles. The Morgan fingerprint density at radius 2 is 1.84 bits per heavy atom. The van der Waals surface area contributed by atoms with Gasteiger partial charge in [0.15, 0.2) is 5.82 Å². The molecule has 4 rings (SSSR count). The third kappa shape index (κ3) is 4.02. The summed E-state index contributed by atoms with van der Waals surface area (Å²) in [5.41, 5.74) is -2.55. The monoisotopic (exact) mass is 431 g/mol. The minimum Gasteiger partial charge on any atom is -0.352 e. The average molecular weight is 431 g/mol. The van der Waals surface area contributed by atoms with E-state index in [4.69, 9.17) is 0 Å². The summed E-state index contributed by atoms with van der Waals surface area (Å²) in [4.78, 5) is 35.4. The number of nitrogens with zero attached hydrogens (tertiary/aromatic N) is 3. The number of anilines is 1. The molecule has 2 aromatic rings. The molecule has 0 unspecified atom stereocenters. The molecule has 0 amide bonds. The van der Waals surface area contributed by atoms with Crippen LogP contribution in [0.1, 0.15) is 11.1 Å². The van der Waals surface area contributed by atoms with Crippen molar-refractivity contribution < 1.29 is 17.6 Å². The minimum atomic E-state index is -4.51. The van der Waals surface area contributed by atoms with E-state index in [-0.39, 0.29) is 35.1 Å². The van der Waals surface area contributed by atoms with Crippen LogP contribution < -0.4 is 16.6 Å².